The van der Waals surface area contributed by atoms with E-state index in [2.05, 4.69) is 15.5 Å². The summed E-state index contributed by atoms with van der Waals surface area (Å²) < 4.78 is 18.4. The van der Waals surface area contributed by atoms with E-state index in [1.54, 1.807) is 36.4 Å². The Labute approximate surface area is 254 Å². The van der Waals surface area contributed by atoms with E-state index >= 15 is 0 Å². The smallest absolute Gasteiger partial charge is 0.262 e. The molecular weight excluding hydrogens is 560 g/mol. The van der Waals surface area contributed by atoms with E-state index in [4.69, 9.17) is 14.2 Å². The molecule has 0 saturated carbocycles. The Morgan fingerprint density at radius 2 is 1.75 bits per heavy atom. The van der Waals surface area contributed by atoms with Gasteiger partial charge in [-0.3, -0.25) is 14.4 Å². The average Bonchev–Trinajstić information content (AvgIpc) is 3.52. The summed E-state index contributed by atoms with van der Waals surface area (Å²) >= 11 is 0. The molecule has 4 heterocycles. The van der Waals surface area contributed by atoms with Crippen molar-refractivity contribution in [1.29, 1.82) is 0 Å². The van der Waals surface area contributed by atoms with Gasteiger partial charge < -0.3 is 34.3 Å². The van der Waals surface area contributed by atoms with Gasteiger partial charge in [0.05, 0.1) is 11.4 Å². The first-order valence-corrected chi connectivity index (χ1v) is 14.7. The molecule has 3 aliphatic rings. The van der Waals surface area contributed by atoms with Crippen molar-refractivity contribution in [3.05, 3.63) is 112 Å². The minimum atomic E-state index is -0.361. The number of amides is 2. The highest BCUT2D eigenvalue weighted by Gasteiger charge is 2.35. The molecule has 2 atom stereocenters. The summed E-state index contributed by atoms with van der Waals surface area (Å²) in [7, 11) is 0. The van der Waals surface area contributed by atoms with Crippen LogP contribution in [0.25, 0.3) is 0 Å². The summed E-state index contributed by atoms with van der Waals surface area (Å²) in [5.41, 5.74) is 3.85. The normalized spacial score (nSPS) is 17.9. The van der Waals surface area contributed by atoms with Gasteiger partial charge in [0, 0.05) is 55.5 Å². The lowest BCUT2D eigenvalue weighted by atomic mass is 9.83. The number of fused-ring (bicyclic) bond motifs is 5. The third-order valence-electron chi connectivity index (χ3n) is 8.36. The molecule has 3 aromatic carbocycles. The largest absolute Gasteiger partial charge is 0.484 e. The molecule has 1 unspecified atom stereocenters. The van der Waals surface area contributed by atoms with Gasteiger partial charge in [0.25, 0.3) is 17.4 Å². The standard InChI is InChI=1S/C34H32N4O6/c39-32(20-42-26-10-12-30-31(15-26)44-21-43-30)36-27-14-24(34(41)35-16-22-5-2-1-3-6-22)9-11-29(27)37-17-23-13-25(19-37)28-7-4-8-33(40)38(28)18-23/h1-12,14-15,23,25H,13,16-21H2,(H,35,41)(H,36,39)/t23-,25?/m1/s1. The lowest BCUT2D eigenvalue weighted by molar-refractivity contribution is -0.118. The van der Waals surface area contributed by atoms with Crippen LogP contribution in [0.3, 0.4) is 0 Å². The fourth-order valence-corrected chi connectivity index (χ4v) is 6.33. The van der Waals surface area contributed by atoms with Crippen LogP contribution >= 0.6 is 0 Å². The summed E-state index contributed by atoms with van der Waals surface area (Å²) in [6, 6.07) is 25.7. The van der Waals surface area contributed by atoms with Crippen LogP contribution in [-0.2, 0) is 17.9 Å². The molecule has 10 heteroatoms. The van der Waals surface area contributed by atoms with E-state index in [9.17, 15) is 14.4 Å². The summed E-state index contributed by atoms with van der Waals surface area (Å²) in [6.07, 6.45) is 1.00. The predicted molar refractivity (Wildman–Crippen MR) is 165 cm³/mol. The molecule has 2 bridgehead atoms. The SMILES string of the molecule is O=C(COc1ccc2c(c1)OCO2)Nc1cc(C(=O)NCc2ccccc2)ccc1N1CC2C[C@H](C1)Cn1c2cccc1=O. The highest BCUT2D eigenvalue weighted by atomic mass is 16.7. The number of piperidine rings is 1. The van der Waals surface area contributed by atoms with Gasteiger partial charge in [-0.05, 0) is 54.3 Å². The van der Waals surface area contributed by atoms with Crippen LogP contribution < -0.4 is 35.3 Å². The van der Waals surface area contributed by atoms with Crippen LogP contribution in [0, 0.1) is 5.92 Å². The Hall–Kier alpha value is -5.25. The number of hydrogen-bond donors (Lipinski definition) is 2. The number of nitrogens with zero attached hydrogens (tertiary/aromatic N) is 2. The van der Waals surface area contributed by atoms with Gasteiger partial charge >= 0.3 is 0 Å². The second-order valence-corrected chi connectivity index (χ2v) is 11.4. The molecule has 44 heavy (non-hydrogen) atoms. The highest BCUT2D eigenvalue weighted by Crippen LogP contribution is 2.39. The molecule has 4 aromatic rings. The van der Waals surface area contributed by atoms with Gasteiger partial charge in [0.15, 0.2) is 18.1 Å². The topological polar surface area (TPSA) is 111 Å². The minimum absolute atomic E-state index is 0.0342. The van der Waals surface area contributed by atoms with Crippen LogP contribution in [0.5, 0.6) is 17.2 Å². The minimum Gasteiger partial charge on any atom is -0.484 e. The number of anilines is 2. The van der Waals surface area contributed by atoms with Crippen LogP contribution in [-0.4, -0.2) is 42.9 Å². The quantitative estimate of drug-likeness (QED) is 0.316. The first-order valence-electron chi connectivity index (χ1n) is 14.7. The summed E-state index contributed by atoms with van der Waals surface area (Å²) in [5.74, 6) is 1.55. The van der Waals surface area contributed by atoms with Gasteiger partial charge in [-0.2, -0.15) is 0 Å². The maximum Gasteiger partial charge on any atom is 0.262 e. The molecule has 10 nitrogen and oxygen atoms in total. The van der Waals surface area contributed by atoms with Crippen molar-refractivity contribution in [3.8, 4) is 17.2 Å². The van der Waals surface area contributed by atoms with Crippen molar-refractivity contribution in [2.45, 2.75) is 25.4 Å². The van der Waals surface area contributed by atoms with E-state index in [0.29, 0.717) is 48.1 Å². The van der Waals surface area contributed by atoms with Gasteiger partial charge in [-0.1, -0.05) is 36.4 Å². The van der Waals surface area contributed by atoms with Crippen molar-refractivity contribution < 1.29 is 23.8 Å². The van der Waals surface area contributed by atoms with Gasteiger partial charge in [-0.15, -0.1) is 0 Å². The molecule has 3 aliphatic heterocycles. The molecule has 1 aromatic heterocycles. The Morgan fingerprint density at radius 3 is 2.64 bits per heavy atom. The van der Waals surface area contributed by atoms with Crippen LogP contribution in [0.4, 0.5) is 11.4 Å². The molecule has 0 aliphatic carbocycles. The fourth-order valence-electron chi connectivity index (χ4n) is 6.33. The number of rotatable bonds is 8. The van der Waals surface area contributed by atoms with Crippen LogP contribution in [0.2, 0.25) is 0 Å². The average molecular weight is 593 g/mol. The maximum atomic E-state index is 13.2. The van der Waals surface area contributed by atoms with Crippen molar-refractivity contribution >= 4 is 23.2 Å². The monoisotopic (exact) mass is 592 g/mol. The summed E-state index contributed by atoms with van der Waals surface area (Å²) in [5, 5.41) is 5.96. The first-order chi connectivity index (χ1) is 21.5. The van der Waals surface area contributed by atoms with E-state index in [1.807, 2.05) is 53.1 Å². The Bertz CT molecular complexity index is 1770. The fraction of sp³-hybridized carbons (Fsp3) is 0.265. The van der Waals surface area contributed by atoms with E-state index in [0.717, 1.165) is 29.9 Å². The summed E-state index contributed by atoms with van der Waals surface area (Å²) in [4.78, 5) is 41.1. The van der Waals surface area contributed by atoms with E-state index in [1.165, 1.54) is 0 Å². The highest BCUT2D eigenvalue weighted by molar-refractivity contribution is 6.00. The maximum absolute atomic E-state index is 13.2. The second kappa shape index (κ2) is 11.8. The number of pyridine rings is 1. The Morgan fingerprint density at radius 1 is 0.886 bits per heavy atom. The Kier molecular flexibility index (Phi) is 7.39. The third-order valence-corrected chi connectivity index (χ3v) is 8.36. The van der Waals surface area contributed by atoms with Crippen molar-refractivity contribution in [3.63, 3.8) is 0 Å². The van der Waals surface area contributed by atoms with Gasteiger partial charge in [0.1, 0.15) is 5.75 Å². The zero-order valence-electron chi connectivity index (χ0n) is 24.0. The van der Waals surface area contributed by atoms with Gasteiger partial charge in [-0.25, -0.2) is 0 Å². The zero-order chi connectivity index (χ0) is 30.0. The molecule has 0 radical (unpaired) electrons. The lowest BCUT2D eigenvalue weighted by Gasteiger charge is -2.44. The van der Waals surface area contributed by atoms with Gasteiger partial charge in [0.2, 0.25) is 6.79 Å². The molecule has 2 N–H and O–H groups in total. The third kappa shape index (κ3) is 5.70. The number of benzene rings is 3. The lowest BCUT2D eigenvalue weighted by Crippen LogP contribution is -2.47. The Balaban J connectivity index is 1.12. The van der Waals surface area contributed by atoms with Crippen molar-refractivity contribution in [2.75, 3.05) is 36.7 Å². The molecular formula is C34H32N4O6. The number of carbonyl (C=O) groups excluding carboxylic acids is 2. The van der Waals surface area contributed by atoms with Crippen molar-refractivity contribution in [2.24, 2.45) is 5.92 Å². The van der Waals surface area contributed by atoms with E-state index in [-0.39, 0.29) is 42.6 Å². The number of aromatic nitrogens is 1. The van der Waals surface area contributed by atoms with Crippen molar-refractivity contribution in [1.82, 2.24) is 9.88 Å². The number of nitrogens with one attached hydrogen (secondary N) is 2. The molecule has 0 spiro atoms. The molecule has 1 fully saturated rings. The number of carbonyl (C=O) groups is 2. The molecule has 7 rings (SSSR count). The molecule has 1 saturated heterocycles. The predicted octanol–water partition coefficient (Wildman–Crippen LogP) is 4.15. The molecule has 2 amide bonds. The van der Waals surface area contributed by atoms with Crippen LogP contribution in [0.15, 0.2) is 89.7 Å². The first kappa shape index (κ1) is 27.6. The second-order valence-electron chi connectivity index (χ2n) is 11.4. The zero-order valence-corrected chi connectivity index (χ0v) is 24.0. The van der Waals surface area contributed by atoms with E-state index < -0.39 is 0 Å². The molecule has 224 valence electrons. The number of hydrogen-bond acceptors (Lipinski definition) is 7. The van der Waals surface area contributed by atoms with Crippen LogP contribution in [0.1, 0.15) is 34.0 Å². The summed E-state index contributed by atoms with van der Waals surface area (Å²) in [6.45, 7) is 2.39. The number of ether oxygens (including phenoxy) is 3.